The zero-order valence-electron chi connectivity index (χ0n) is 12.3. The van der Waals surface area contributed by atoms with Crippen molar-refractivity contribution in [2.75, 3.05) is 0 Å². The van der Waals surface area contributed by atoms with Gasteiger partial charge in [-0.15, -0.1) is 0 Å². The first-order chi connectivity index (χ1) is 11.0. The number of nitrogens with one attached hydrogen (secondary N) is 1. The lowest BCUT2D eigenvalue weighted by Gasteiger charge is -2.02. The Morgan fingerprint density at radius 1 is 1.17 bits per heavy atom. The van der Waals surface area contributed by atoms with E-state index in [0.29, 0.717) is 16.2 Å². The summed E-state index contributed by atoms with van der Waals surface area (Å²) in [6.07, 6.45) is 1.46. The van der Waals surface area contributed by atoms with E-state index in [1.807, 2.05) is 31.2 Å². The maximum atomic E-state index is 9.80. The predicted molar refractivity (Wildman–Crippen MR) is 90.3 cm³/mol. The van der Waals surface area contributed by atoms with E-state index in [0.717, 1.165) is 11.1 Å². The third kappa shape index (κ3) is 3.14. The molecule has 0 radical (unpaired) electrons. The van der Waals surface area contributed by atoms with E-state index in [2.05, 4.69) is 15.3 Å². The molecule has 2 aromatic carbocycles. The number of benzene rings is 2. The van der Waals surface area contributed by atoms with Crippen LogP contribution in [0.3, 0.4) is 0 Å². The van der Waals surface area contributed by atoms with Gasteiger partial charge >= 0.3 is 0 Å². The molecule has 0 aliphatic heterocycles. The molecule has 6 nitrogen and oxygen atoms in total. The van der Waals surface area contributed by atoms with Crippen LogP contribution in [0.1, 0.15) is 11.1 Å². The van der Waals surface area contributed by atoms with Crippen LogP contribution in [0.4, 0.5) is 0 Å². The van der Waals surface area contributed by atoms with Crippen LogP contribution >= 0.6 is 12.2 Å². The molecule has 0 saturated heterocycles. The van der Waals surface area contributed by atoms with Gasteiger partial charge in [0.25, 0.3) is 0 Å². The second-order valence-electron chi connectivity index (χ2n) is 5.02. The van der Waals surface area contributed by atoms with E-state index in [1.54, 1.807) is 6.07 Å². The minimum atomic E-state index is -0.0688. The number of phenolic OH excluding ortho intramolecular Hbond substituents is 2. The summed E-state index contributed by atoms with van der Waals surface area (Å²) in [6, 6.07) is 12.1. The van der Waals surface area contributed by atoms with Gasteiger partial charge in [-0.05, 0) is 31.3 Å². The smallest absolute Gasteiger partial charge is 0.216 e. The van der Waals surface area contributed by atoms with Gasteiger partial charge in [0, 0.05) is 17.2 Å². The first kappa shape index (κ1) is 15.0. The van der Waals surface area contributed by atoms with Crippen LogP contribution in [-0.4, -0.2) is 31.3 Å². The number of hydrogen-bond donors (Lipinski definition) is 3. The molecule has 0 aliphatic rings. The van der Waals surface area contributed by atoms with Crippen molar-refractivity contribution in [3.05, 3.63) is 58.4 Å². The largest absolute Gasteiger partial charge is 0.508 e. The second-order valence-corrected chi connectivity index (χ2v) is 5.40. The zero-order chi connectivity index (χ0) is 16.4. The molecule has 7 heteroatoms. The predicted octanol–water partition coefficient (Wildman–Crippen LogP) is 3.21. The molecule has 3 aromatic rings. The lowest BCUT2D eigenvalue weighted by molar-refractivity contribution is 0.450. The molecule has 1 heterocycles. The van der Waals surface area contributed by atoms with Crippen molar-refractivity contribution in [1.29, 1.82) is 0 Å². The highest BCUT2D eigenvalue weighted by atomic mass is 32.1. The van der Waals surface area contributed by atoms with Crippen LogP contribution in [0.25, 0.3) is 11.4 Å². The van der Waals surface area contributed by atoms with Crippen molar-refractivity contribution < 1.29 is 10.2 Å². The number of nitrogens with zero attached hydrogens (tertiary/aromatic N) is 3. The summed E-state index contributed by atoms with van der Waals surface area (Å²) < 4.78 is 1.82. The van der Waals surface area contributed by atoms with E-state index < -0.39 is 0 Å². The summed E-state index contributed by atoms with van der Waals surface area (Å²) >= 11 is 5.20. The van der Waals surface area contributed by atoms with Crippen LogP contribution in [0.15, 0.2) is 47.6 Å². The van der Waals surface area contributed by atoms with Crippen molar-refractivity contribution in [3.63, 3.8) is 0 Å². The number of aromatic nitrogens is 3. The summed E-state index contributed by atoms with van der Waals surface area (Å²) in [7, 11) is 0. The number of hydrogen-bond acceptors (Lipinski definition) is 5. The van der Waals surface area contributed by atoms with E-state index in [9.17, 15) is 10.2 Å². The summed E-state index contributed by atoms with van der Waals surface area (Å²) in [6.45, 7) is 2.01. The first-order valence-corrected chi connectivity index (χ1v) is 7.26. The molecule has 23 heavy (non-hydrogen) atoms. The molecule has 3 rings (SSSR count). The molecule has 0 amide bonds. The van der Waals surface area contributed by atoms with E-state index in [-0.39, 0.29) is 11.5 Å². The number of aryl methyl sites for hydroxylation is 1. The lowest BCUT2D eigenvalue weighted by atomic mass is 10.1. The van der Waals surface area contributed by atoms with Crippen molar-refractivity contribution in [2.45, 2.75) is 6.92 Å². The monoisotopic (exact) mass is 326 g/mol. The van der Waals surface area contributed by atoms with Crippen LogP contribution in [-0.2, 0) is 0 Å². The number of aromatic hydroxyl groups is 2. The Hall–Kier alpha value is -2.93. The van der Waals surface area contributed by atoms with Gasteiger partial charge in [0.05, 0.1) is 6.21 Å². The first-order valence-electron chi connectivity index (χ1n) is 6.85. The van der Waals surface area contributed by atoms with Crippen LogP contribution < -0.4 is 0 Å². The van der Waals surface area contributed by atoms with Crippen molar-refractivity contribution in [2.24, 2.45) is 5.10 Å². The minimum absolute atomic E-state index is 0.0140. The zero-order valence-corrected chi connectivity index (χ0v) is 13.1. The topological polar surface area (TPSA) is 86.4 Å². The average molecular weight is 326 g/mol. The number of phenols is 2. The summed E-state index contributed by atoms with van der Waals surface area (Å²) in [5, 5.41) is 30.3. The average Bonchev–Trinajstić information content (AvgIpc) is 2.88. The molecule has 1 aromatic heterocycles. The molecule has 0 aliphatic carbocycles. The molecular formula is C16H14N4O2S. The number of aromatic amines is 1. The Morgan fingerprint density at radius 3 is 2.61 bits per heavy atom. The van der Waals surface area contributed by atoms with Gasteiger partial charge in [0.15, 0.2) is 5.82 Å². The maximum Gasteiger partial charge on any atom is 0.216 e. The summed E-state index contributed by atoms with van der Waals surface area (Å²) in [5.74, 6) is 0.491. The van der Waals surface area contributed by atoms with Gasteiger partial charge in [-0.2, -0.15) is 14.9 Å². The van der Waals surface area contributed by atoms with Crippen LogP contribution in [0.2, 0.25) is 0 Å². The van der Waals surface area contributed by atoms with Gasteiger partial charge in [-0.1, -0.05) is 29.8 Å². The Kier molecular flexibility index (Phi) is 3.94. The Balaban J connectivity index is 2.00. The maximum absolute atomic E-state index is 9.80. The summed E-state index contributed by atoms with van der Waals surface area (Å²) in [4.78, 5) is 0. The standard InChI is InChI=1S/C16H14N4O2S/c1-10-2-4-11(5-3-10)15-18-19-16(23)20(15)17-9-12-6-7-13(21)8-14(12)22/h2-9,21-22H,1H3,(H,19,23)/b17-9-. The lowest BCUT2D eigenvalue weighted by Crippen LogP contribution is -1.95. The third-order valence-electron chi connectivity index (χ3n) is 3.29. The Labute approximate surface area is 137 Å². The molecule has 116 valence electrons. The van der Waals surface area contributed by atoms with Gasteiger partial charge in [0.2, 0.25) is 4.77 Å². The number of rotatable bonds is 3. The van der Waals surface area contributed by atoms with E-state index >= 15 is 0 Å². The van der Waals surface area contributed by atoms with Crippen LogP contribution in [0, 0.1) is 11.7 Å². The molecular weight excluding hydrogens is 312 g/mol. The molecule has 0 bridgehead atoms. The van der Waals surface area contributed by atoms with Crippen LogP contribution in [0.5, 0.6) is 11.5 Å². The highest BCUT2D eigenvalue weighted by molar-refractivity contribution is 7.71. The third-order valence-corrected chi connectivity index (χ3v) is 3.55. The van der Waals surface area contributed by atoms with E-state index in [4.69, 9.17) is 12.2 Å². The van der Waals surface area contributed by atoms with Gasteiger partial charge < -0.3 is 10.2 Å². The van der Waals surface area contributed by atoms with Gasteiger partial charge in [-0.25, -0.2) is 5.10 Å². The highest BCUT2D eigenvalue weighted by Gasteiger charge is 2.08. The van der Waals surface area contributed by atoms with Crippen molar-refractivity contribution >= 4 is 18.4 Å². The Morgan fingerprint density at radius 2 is 1.91 bits per heavy atom. The van der Waals surface area contributed by atoms with Crippen molar-refractivity contribution in [1.82, 2.24) is 14.9 Å². The normalized spacial score (nSPS) is 11.2. The Bertz CT molecular complexity index is 926. The molecule has 0 fully saturated rings. The fourth-order valence-electron chi connectivity index (χ4n) is 2.05. The molecule has 3 N–H and O–H groups in total. The quantitative estimate of drug-likeness (QED) is 0.509. The van der Waals surface area contributed by atoms with E-state index in [1.165, 1.54) is 23.0 Å². The molecule has 0 spiro atoms. The molecule has 0 unspecified atom stereocenters. The fraction of sp³-hybridized carbons (Fsp3) is 0.0625. The van der Waals surface area contributed by atoms with Gasteiger partial charge in [-0.3, -0.25) is 0 Å². The van der Waals surface area contributed by atoms with Gasteiger partial charge in [0.1, 0.15) is 11.5 Å². The minimum Gasteiger partial charge on any atom is -0.508 e. The SMILES string of the molecule is Cc1ccc(-c2n[nH]c(=S)n2/N=C\c2ccc(O)cc2O)cc1. The van der Waals surface area contributed by atoms with Crippen molar-refractivity contribution in [3.8, 4) is 22.9 Å². The fourth-order valence-corrected chi connectivity index (χ4v) is 2.23. The highest BCUT2D eigenvalue weighted by Crippen LogP contribution is 2.22. The molecule has 0 atom stereocenters. The number of H-pyrrole nitrogens is 1. The second kappa shape index (κ2) is 6.05. The molecule has 0 saturated carbocycles. The summed E-state index contributed by atoms with van der Waals surface area (Å²) in [5.41, 5.74) is 2.47.